The zero-order chi connectivity index (χ0) is 28.0. The molecule has 40 heavy (non-hydrogen) atoms. The van der Waals surface area contributed by atoms with Gasteiger partial charge < -0.3 is 25.3 Å². The molecule has 0 atom stereocenters. The number of carbonyl (C=O) groups is 2. The summed E-state index contributed by atoms with van der Waals surface area (Å²) >= 11 is 0. The van der Waals surface area contributed by atoms with Crippen LogP contribution in [0.2, 0.25) is 0 Å². The number of anilines is 1. The van der Waals surface area contributed by atoms with Crippen LogP contribution in [0.1, 0.15) is 103 Å². The van der Waals surface area contributed by atoms with Gasteiger partial charge in [0.2, 0.25) is 0 Å². The summed E-state index contributed by atoms with van der Waals surface area (Å²) in [6, 6.07) is 3.39. The Labute approximate surface area is 236 Å². The zero-order valence-electron chi connectivity index (χ0n) is 24.0. The van der Waals surface area contributed by atoms with Crippen molar-refractivity contribution in [2.24, 2.45) is 11.1 Å². The third-order valence-electron chi connectivity index (χ3n) is 9.46. The monoisotopic (exact) mass is 550 g/mol. The van der Waals surface area contributed by atoms with E-state index in [0.717, 1.165) is 87.0 Å². The normalized spacial score (nSPS) is 24.2. The van der Waals surface area contributed by atoms with E-state index < -0.39 is 11.7 Å². The lowest BCUT2D eigenvalue weighted by Crippen LogP contribution is -2.32. The van der Waals surface area contributed by atoms with Crippen LogP contribution >= 0.6 is 0 Å². The van der Waals surface area contributed by atoms with Crippen molar-refractivity contribution >= 4 is 17.4 Å². The molecule has 216 valence electrons. The van der Waals surface area contributed by atoms with E-state index in [2.05, 4.69) is 28.6 Å². The summed E-state index contributed by atoms with van der Waals surface area (Å²) in [6.45, 7) is 8.37. The number of primary amides is 1. The SMILES string of the molecule is CC1(C)CC(=O)c2c3c(n(-c4cc(F)c(C(N)=O)c(NC5CCC(OCCN6CCCC6)CC5)c4)c2C1)CCC3. The molecule has 0 unspecified atom stereocenters. The topological polar surface area (TPSA) is 89.6 Å². The van der Waals surface area contributed by atoms with Gasteiger partial charge >= 0.3 is 0 Å². The molecule has 7 nitrogen and oxygen atoms in total. The second-order valence-corrected chi connectivity index (χ2v) is 13.1. The number of carbonyl (C=O) groups excluding carboxylic acids is 2. The predicted octanol–water partition coefficient (Wildman–Crippen LogP) is 5.19. The lowest BCUT2D eigenvalue weighted by Gasteiger charge is -2.31. The summed E-state index contributed by atoms with van der Waals surface area (Å²) in [5.74, 6) is -1.21. The summed E-state index contributed by atoms with van der Waals surface area (Å²) < 4.78 is 23.9. The maximum atomic E-state index is 15.6. The molecule has 1 saturated carbocycles. The summed E-state index contributed by atoms with van der Waals surface area (Å²) in [4.78, 5) is 28.1. The number of benzene rings is 1. The Morgan fingerprint density at radius 3 is 2.55 bits per heavy atom. The number of ether oxygens (including phenoxy) is 1. The maximum absolute atomic E-state index is 15.6. The van der Waals surface area contributed by atoms with E-state index in [0.29, 0.717) is 17.8 Å². The van der Waals surface area contributed by atoms with Gasteiger partial charge in [0.05, 0.1) is 29.6 Å². The lowest BCUT2D eigenvalue weighted by atomic mass is 9.75. The Bertz CT molecular complexity index is 1300. The van der Waals surface area contributed by atoms with Crippen molar-refractivity contribution in [3.8, 4) is 5.69 Å². The van der Waals surface area contributed by atoms with Gasteiger partial charge in [0.15, 0.2) is 5.78 Å². The molecule has 8 heteroatoms. The van der Waals surface area contributed by atoms with E-state index in [1.807, 2.05) is 6.07 Å². The van der Waals surface area contributed by atoms with Crippen LogP contribution in [-0.4, -0.2) is 59.5 Å². The van der Waals surface area contributed by atoms with Crippen molar-refractivity contribution in [1.82, 2.24) is 9.47 Å². The van der Waals surface area contributed by atoms with Gasteiger partial charge in [-0.05, 0) is 100 Å². The van der Waals surface area contributed by atoms with Crippen molar-refractivity contribution in [2.75, 3.05) is 31.6 Å². The molecule has 2 aromatic rings. The third-order valence-corrected chi connectivity index (χ3v) is 9.46. The third kappa shape index (κ3) is 5.32. The van der Waals surface area contributed by atoms with E-state index in [9.17, 15) is 9.59 Å². The molecule has 1 amide bonds. The van der Waals surface area contributed by atoms with Crippen LogP contribution in [-0.2, 0) is 24.0 Å². The Balaban J connectivity index is 1.23. The molecule has 1 aromatic heterocycles. The maximum Gasteiger partial charge on any atom is 0.253 e. The first kappa shape index (κ1) is 27.5. The molecule has 6 rings (SSSR count). The minimum atomic E-state index is -0.776. The molecule has 1 saturated heterocycles. The molecule has 1 aromatic carbocycles. The molecule has 0 spiro atoms. The van der Waals surface area contributed by atoms with E-state index >= 15 is 4.39 Å². The van der Waals surface area contributed by atoms with E-state index in [4.69, 9.17) is 10.5 Å². The van der Waals surface area contributed by atoms with Gasteiger partial charge in [0, 0.05) is 36.0 Å². The fourth-order valence-electron chi connectivity index (χ4n) is 7.57. The number of ketones is 1. The number of amides is 1. The number of aromatic nitrogens is 1. The van der Waals surface area contributed by atoms with Crippen LogP contribution in [0.3, 0.4) is 0 Å². The summed E-state index contributed by atoms with van der Waals surface area (Å²) in [7, 11) is 0. The second-order valence-electron chi connectivity index (χ2n) is 13.1. The molecular weight excluding hydrogens is 507 g/mol. The Hall–Kier alpha value is -2.71. The Morgan fingerprint density at radius 2 is 1.82 bits per heavy atom. The predicted molar refractivity (Wildman–Crippen MR) is 154 cm³/mol. The number of hydrogen-bond acceptors (Lipinski definition) is 5. The first-order valence-electron chi connectivity index (χ1n) is 15.2. The standard InChI is InChI=1S/C32H43FN4O3/c1-32(2)18-27-29(28(38)19-32)23-6-5-7-26(23)37(27)21-16-24(33)30(31(34)39)25(17-21)35-20-8-10-22(11-9-20)40-15-14-36-12-3-4-13-36/h16-17,20,22,35H,3-15,18-19H2,1-2H3,(H2,34,39). The van der Waals surface area contributed by atoms with Crippen molar-refractivity contribution < 1.29 is 18.7 Å². The highest BCUT2D eigenvalue weighted by Gasteiger charge is 2.39. The number of nitrogens with zero attached hydrogens (tertiary/aromatic N) is 2. The van der Waals surface area contributed by atoms with Crippen molar-refractivity contribution in [1.29, 1.82) is 0 Å². The fraction of sp³-hybridized carbons (Fsp3) is 0.625. The first-order chi connectivity index (χ1) is 19.2. The molecule has 4 aliphatic rings. The molecule has 2 heterocycles. The minimum absolute atomic E-state index is 0.0955. The number of Topliss-reactive ketones (excluding diaryl/α,β-unsaturated/α-hetero) is 1. The van der Waals surface area contributed by atoms with E-state index in [-0.39, 0.29) is 28.9 Å². The van der Waals surface area contributed by atoms with Crippen molar-refractivity contribution in [3.05, 3.63) is 46.0 Å². The minimum Gasteiger partial charge on any atom is -0.382 e. The van der Waals surface area contributed by atoms with Crippen molar-refractivity contribution in [2.45, 2.75) is 96.6 Å². The number of halogens is 1. The van der Waals surface area contributed by atoms with Crippen LogP contribution in [0, 0.1) is 11.2 Å². The number of likely N-dealkylation sites (tertiary alicyclic amines) is 1. The molecule has 1 aliphatic heterocycles. The van der Waals surface area contributed by atoms with Gasteiger partial charge in [0.25, 0.3) is 5.91 Å². The van der Waals surface area contributed by atoms with Crippen LogP contribution in [0.4, 0.5) is 10.1 Å². The van der Waals surface area contributed by atoms with E-state index in [1.54, 1.807) is 0 Å². The number of fused-ring (bicyclic) bond motifs is 3. The Morgan fingerprint density at radius 1 is 1.07 bits per heavy atom. The zero-order valence-corrected chi connectivity index (χ0v) is 24.0. The number of nitrogens with two attached hydrogens (primary N) is 1. The molecule has 2 fully saturated rings. The smallest absolute Gasteiger partial charge is 0.253 e. The second kappa shape index (κ2) is 10.9. The average molecular weight is 551 g/mol. The molecule has 3 aliphatic carbocycles. The fourth-order valence-corrected chi connectivity index (χ4v) is 7.57. The molecule has 3 N–H and O–H groups in total. The molecular formula is C32H43FN4O3. The van der Waals surface area contributed by atoms with Gasteiger partial charge in [0.1, 0.15) is 5.82 Å². The van der Waals surface area contributed by atoms with Gasteiger partial charge in [-0.2, -0.15) is 0 Å². The highest BCUT2D eigenvalue weighted by Crippen LogP contribution is 2.43. The van der Waals surface area contributed by atoms with E-state index in [1.165, 1.54) is 32.0 Å². The summed E-state index contributed by atoms with van der Waals surface area (Å²) in [5, 5.41) is 3.48. The summed E-state index contributed by atoms with van der Waals surface area (Å²) in [6.07, 6.45) is 10.5. The Kier molecular flexibility index (Phi) is 7.51. The number of rotatable bonds is 8. The van der Waals surface area contributed by atoms with Crippen LogP contribution in [0.15, 0.2) is 12.1 Å². The number of nitrogens with one attached hydrogen (secondary N) is 1. The molecule has 0 bridgehead atoms. The van der Waals surface area contributed by atoms with Gasteiger partial charge in [-0.25, -0.2) is 4.39 Å². The van der Waals surface area contributed by atoms with Gasteiger partial charge in [-0.15, -0.1) is 0 Å². The van der Waals surface area contributed by atoms with Crippen LogP contribution < -0.4 is 11.1 Å². The largest absolute Gasteiger partial charge is 0.382 e. The van der Waals surface area contributed by atoms with Crippen molar-refractivity contribution in [3.63, 3.8) is 0 Å². The quantitative estimate of drug-likeness (QED) is 0.472. The molecule has 0 radical (unpaired) electrons. The first-order valence-corrected chi connectivity index (χ1v) is 15.2. The van der Waals surface area contributed by atoms with Gasteiger partial charge in [-0.3, -0.25) is 9.59 Å². The van der Waals surface area contributed by atoms with Crippen LogP contribution in [0.5, 0.6) is 0 Å². The highest BCUT2D eigenvalue weighted by molar-refractivity contribution is 6.01. The lowest BCUT2D eigenvalue weighted by molar-refractivity contribution is 0.0170. The number of hydrogen-bond donors (Lipinski definition) is 2. The average Bonchev–Trinajstić information content (AvgIpc) is 3.62. The highest BCUT2D eigenvalue weighted by atomic mass is 19.1. The van der Waals surface area contributed by atoms with Gasteiger partial charge in [-0.1, -0.05) is 13.8 Å². The van der Waals surface area contributed by atoms with Crippen LogP contribution in [0.25, 0.3) is 5.69 Å². The summed E-state index contributed by atoms with van der Waals surface area (Å²) in [5.41, 5.74) is 10.6.